The van der Waals surface area contributed by atoms with Crippen molar-refractivity contribution in [3.63, 3.8) is 0 Å². The van der Waals surface area contributed by atoms with Crippen LogP contribution in [0.5, 0.6) is 0 Å². The van der Waals surface area contributed by atoms with Crippen LogP contribution in [0.25, 0.3) is 0 Å². The number of carbonyl (C=O) groups excluding carboxylic acids is 1. The molecule has 1 saturated heterocycles. The number of urea groups is 1. The SMILES string of the molecule is CC(C)c1cc([C@@H]2CCCN2C(=O)Nc2ccccc2)on1. The van der Waals surface area contributed by atoms with Crippen molar-refractivity contribution in [2.45, 2.75) is 38.6 Å². The first-order chi connectivity index (χ1) is 10.6. The molecule has 1 aliphatic heterocycles. The van der Waals surface area contributed by atoms with Gasteiger partial charge in [0, 0.05) is 18.3 Å². The van der Waals surface area contributed by atoms with Crippen molar-refractivity contribution in [2.24, 2.45) is 0 Å². The Hall–Kier alpha value is -2.30. The standard InChI is InChI=1S/C17H21N3O2/c1-12(2)14-11-16(22-19-14)15-9-6-10-20(15)17(21)18-13-7-4-3-5-8-13/h3-5,7-8,11-12,15H,6,9-10H2,1-2H3,(H,18,21)/t15-/m0/s1. The molecule has 0 spiro atoms. The number of para-hydroxylation sites is 1. The number of benzene rings is 1. The van der Waals surface area contributed by atoms with Crippen LogP contribution in [0.15, 0.2) is 40.9 Å². The molecule has 1 atom stereocenters. The molecular formula is C17H21N3O2. The van der Waals surface area contributed by atoms with Crippen molar-refractivity contribution in [3.8, 4) is 0 Å². The summed E-state index contributed by atoms with van der Waals surface area (Å²) in [6, 6.07) is 11.4. The number of rotatable bonds is 3. The van der Waals surface area contributed by atoms with Gasteiger partial charge in [0.1, 0.15) is 0 Å². The summed E-state index contributed by atoms with van der Waals surface area (Å²) in [5, 5.41) is 7.04. The molecule has 116 valence electrons. The zero-order chi connectivity index (χ0) is 15.5. The predicted molar refractivity (Wildman–Crippen MR) is 84.7 cm³/mol. The van der Waals surface area contributed by atoms with Gasteiger partial charge in [0.25, 0.3) is 0 Å². The molecule has 1 aliphatic rings. The Labute approximate surface area is 130 Å². The number of nitrogens with zero attached hydrogens (tertiary/aromatic N) is 2. The van der Waals surface area contributed by atoms with E-state index >= 15 is 0 Å². The fourth-order valence-electron chi connectivity index (χ4n) is 2.76. The quantitative estimate of drug-likeness (QED) is 0.925. The molecule has 1 aromatic carbocycles. The van der Waals surface area contributed by atoms with Gasteiger partial charge in [-0.2, -0.15) is 0 Å². The Balaban J connectivity index is 1.73. The largest absolute Gasteiger partial charge is 0.359 e. The highest BCUT2D eigenvalue weighted by Crippen LogP contribution is 2.33. The molecule has 0 unspecified atom stereocenters. The number of nitrogens with one attached hydrogen (secondary N) is 1. The second kappa shape index (κ2) is 6.22. The number of hydrogen-bond donors (Lipinski definition) is 1. The monoisotopic (exact) mass is 299 g/mol. The van der Waals surface area contributed by atoms with Crippen molar-refractivity contribution in [3.05, 3.63) is 47.9 Å². The van der Waals surface area contributed by atoms with E-state index in [2.05, 4.69) is 24.3 Å². The van der Waals surface area contributed by atoms with Gasteiger partial charge in [0.2, 0.25) is 0 Å². The molecule has 2 amide bonds. The Morgan fingerprint density at radius 1 is 1.36 bits per heavy atom. The third kappa shape index (κ3) is 2.98. The van der Waals surface area contributed by atoms with Gasteiger partial charge in [-0.3, -0.25) is 0 Å². The van der Waals surface area contributed by atoms with Crippen LogP contribution in [0.1, 0.15) is 50.1 Å². The van der Waals surface area contributed by atoms with E-state index in [0.717, 1.165) is 36.5 Å². The maximum atomic E-state index is 12.5. The van der Waals surface area contributed by atoms with Crippen molar-refractivity contribution in [1.29, 1.82) is 0 Å². The van der Waals surface area contributed by atoms with Crippen molar-refractivity contribution in [1.82, 2.24) is 10.1 Å². The molecule has 0 bridgehead atoms. The van der Waals surface area contributed by atoms with E-state index in [-0.39, 0.29) is 12.1 Å². The maximum absolute atomic E-state index is 12.5. The molecule has 1 N–H and O–H groups in total. The molecule has 3 rings (SSSR count). The van der Waals surface area contributed by atoms with Gasteiger partial charge in [-0.25, -0.2) is 4.79 Å². The molecule has 1 aromatic heterocycles. The summed E-state index contributed by atoms with van der Waals surface area (Å²) < 4.78 is 5.47. The van der Waals surface area contributed by atoms with E-state index < -0.39 is 0 Å². The van der Waals surface area contributed by atoms with E-state index in [4.69, 9.17) is 4.52 Å². The third-order valence-electron chi connectivity index (χ3n) is 4.01. The average molecular weight is 299 g/mol. The number of amides is 2. The number of anilines is 1. The lowest BCUT2D eigenvalue weighted by Gasteiger charge is -2.23. The van der Waals surface area contributed by atoms with E-state index in [1.807, 2.05) is 41.3 Å². The summed E-state index contributed by atoms with van der Waals surface area (Å²) in [6.45, 7) is 4.90. The van der Waals surface area contributed by atoms with E-state index in [1.165, 1.54) is 0 Å². The average Bonchev–Trinajstić information content (AvgIpc) is 3.17. The van der Waals surface area contributed by atoms with E-state index in [9.17, 15) is 4.79 Å². The van der Waals surface area contributed by atoms with Gasteiger partial charge >= 0.3 is 6.03 Å². The zero-order valence-corrected chi connectivity index (χ0v) is 13.0. The van der Waals surface area contributed by atoms with Gasteiger partial charge in [0.15, 0.2) is 5.76 Å². The summed E-state index contributed by atoms with van der Waals surface area (Å²) >= 11 is 0. The fraction of sp³-hybridized carbons (Fsp3) is 0.412. The van der Waals surface area contributed by atoms with E-state index in [1.54, 1.807) is 0 Å². The van der Waals surface area contributed by atoms with Crippen LogP contribution in [0.4, 0.5) is 10.5 Å². The number of carbonyl (C=O) groups is 1. The van der Waals surface area contributed by atoms with Gasteiger partial charge in [0.05, 0.1) is 11.7 Å². The first kappa shape index (κ1) is 14.6. The fourth-order valence-corrected chi connectivity index (χ4v) is 2.76. The molecule has 22 heavy (non-hydrogen) atoms. The van der Waals surface area contributed by atoms with Gasteiger partial charge in [-0.05, 0) is 30.9 Å². The van der Waals surface area contributed by atoms with Crippen LogP contribution in [0.3, 0.4) is 0 Å². The molecule has 5 nitrogen and oxygen atoms in total. The molecule has 1 fully saturated rings. The number of hydrogen-bond acceptors (Lipinski definition) is 3. The third-order valence-corrected chi connectivity index (χ3v) is 4.01. The van der Waals surface area contributed by atoms with Gasteiger partial charge < -0.3 is 14.7 Å². The van der Waals surface area contributed by atoms with Crippen molar-refractivity contribution >= 4 is 11.7 Å². The number of aromatic nitrogens is 1. The van der Waals surface area contributed by atoms with Gasteiger partial charge in [-0.15, -0.1) is 0 Å². The lowest BCUT2D eigenvalue weighted by Crippen LogP contribution is -2.34. The van der Waals surface area contributed by atoms with Crippen LogP contribution in [0, 0.1) is 0 Å². The van der Waals surface area contributed by atoms with Gasteiger partial charge in [-0.1, -0.05) is 37.2 Å². The molecule has 0 saturated carbocycles. The summed E-state index contributed by atoms with van der Waals surface area (Å²) in [6.07, 6.45) is 1.89. The topological polar surface area (TPSA) is 58.4 Å². The van der Waals surface area contributed by atoms with Crippen LogP contribution in [0.2, 0.25) is 0 Å². The predicted octanol–water partition coefficient (Wildman–Crippen LogP) is 4.17. The van der Waals surface area contributed by atoms with Crippen LogP contribution < -0.4 is 5.32 Å². The minimum Gasteiger partial charge on any atom is -0.359 e. The minimum atomic E-state index is -0.0869. The first-order valence-corrected chi connectivity index (χ1v) is 7.74. The normalized spacial score (nSPS) is 18.0. The summed E-state index contributed by atoms with van der Waals surface area (Å²) in [5.74, 6) is 1.11. The molecule has 5 heteroatoms. The van der Waals surface area contributed by atoms with Crippen LogP contribution >= 0.6 is 0 Å². The first-order valence-electron chi connectivity index (χ1n) is 7.74. The Morgan fingerprint density at radius 3 is 2.82 bits per heavy atom. The van der Waals surface area contributed by atoms with Crippen LogP contribution in [-0.4, -0.2) is 22.6 Å². The van der Waals surface area contributed by atoms with Crippen molar-refractivity contribution in [2.75, 3.05) is 11.9 Å². The van der Waals surface area contributed by atoms with E-state index in [0.29, 0.717) is 5.92 Å². The Kier molecular flexibility index (Phi) is 4.13. The summed E-state index contributed by atoms with van der Waals surface area (Å²) in [4.78, 5) is 14.3. The zero-order valence-electron chi connectivity index (χ0n) is 13.0. The number of likely N-dealkylation sites (tertiary alicyclic amines) is 1. The maximum Gasteiger partial charge on any atom is 0.322 e. The Bertz CT molecular complexity index is 636. The molecule has 0 radical (unpaired) electrons. The second-order valence-electron chi connectivity index (χ2n) is 5.96. The lowest BCUT2D eigenvalue weighted by molar-refractivity contribution is 0.195. The lowest BCUT2D eigenvalue weighted by atomic mass is 10.1. The molecule has 2 aromatic rings. The second-order valence-corrected chi connectivity index (χ2v) is 5.96. The highest BCUT2D eigenvalue weighted by Gasteiger charge is 2.33. The smallest absolute Gasteiger partial charge is 0.322 e. The van der Waals surface area contributed by atoms with Crippen LogP contribution in [-0.2, 0) is 0 Å². The minimum absolute atomic E-state index is 0.0243. The molecular weight excluding hydrogens is 278 g/mol. The molecule has 0 aliphatic carbocycles. The summed E-state index contributed by atoms with van der Waals surface area (Å²) in [7, 11) is 0. The summed E-state index contributed by atoms with van der Waals surface area (Å²) in [5.41, 5.74) is 1.74. The molecule has 2 heterocycles. The highest BCUT2D eigenvalue weighted by atomic mass is 16.5. The van der Waals surface area contributed by atoms with Crippen molar-refractivity contribution < 1.29 is 9.32 Å². The highest BCUT2D eigenvalue weighted by molar-refractivity contribution is 5.89. The Morgan fingerprint density at radius 2 is 2.14 bits per heavy atom.